The molecule has 0 radical (unpaired) electrons. The molecule has 1 atom stereocenters. The van der Waals surface area contributed by atoms with Gasteiger partial charge in [-0.1, -0.05) is 25.5 Å². The second-order valence-corrected chi connectivity index (χ2v) is 7.58. The Morgan fingerprint density at radius 2 is 2.21 bits per heavy atom. The Morgan fingerprint density at radius 3 is 2.79 bits per heavy atom. The van der Waals surface area contributed by atoms with Gasteiger partial charge in [0.15, 0.2) is 0 Å². The first kappa shape index (κ1) is 15.1. The number of hydrogen-bond acceptors (Lipinski definition) is 1. The molecule has 0 spiro atoms. The van der Waals surface area contributed by atoms with Crippen LogP contribution in [0.2, 0.25) is 0 Å². The summed E-state index contributed by atoms with van der Waals surface area (Å²) >= 11 is 10.0. The van der Waals surface area contributed by atoms with Gasteiger partial charge in [0.25, 0.3) is 0 Å². The largest absolute Gasteiger partial charge is 0.268 e. The Balaban J connectivity index is 2.26. The molecule has 0 saturated heterocycles. The zero-order valence-corrected chi connectivity index (χ0v) is 14.5. The van der Waals surface area contributed by atoms with Crippen molar-refractivity contribution in [1.29, 1.82) is 0 Å². The molecule has 1 aromatic rings. The summed E-state index contributed by atoms with van der Waals surface area (Å²) in [5.41, 5.74) is 4.07. The molecule has 1 heterocycles. The van der Waals surface area contributed by atoms with Gasteiger partial charge in [0.2, 0.25) is 0 Å². The highest BCUT2D eigenvalue weighted by molar-refractivity contribution is 9.10. The fourth-order valence-electron chi connectivity index (χ4n) is 2.96. The third kappa shape index (κ3) is 3.43. The van der Waals surface area contributed by atoms with Crippen molar-refractivity contribution >= 4 is 27.5 Å². The smallest absolute Gasteiger partial charge is 0.0738 e. The van der Waals surface area contributed by atoms with E-state index in [2.05, 4.69) is 52.6 Å². The van der Waals surface area contributed by atoms with E-state index in [4.69, 9.17) is 11.6 Å². The molecule has 0 aliphatic heterocycles. The number of rotatable bonds is 3. The number of aryl methyl sites for hydroxylation is 2. The van der Waals surface area contributed by atoms with Crippen LogP contribution < -0.4 is 0 Å². The van der Waals surface area contributed by atoms with Gasteiger partial charge in [-0.3, -0.25) is 4.68 Å². The Bertz CT molecular complexity index is 502. The predicted molar refractivity (Wildman–Crippen MR) is 84.8 cm³/mol. The van der Waals surface area contributed by atoms with Gasteiger partial charge in [0.1, 0.15) is 0 Å². The van der Waals surface area contributed by atoms with Crippen LogP contribution in [0.25, 0.3) is 0 Å². The minimum absolute atomic E-state index is 0.164. The van der Waals surface area contributed by atoms with Crippen LogP contribution in [0.1, 0.15) is 45.0 Å². The zero-order chi connectivity index (χ0) is 14.2. The number of halogens is 2. The average Bonchev–Trinajstić information content (AvgIpc) is 2.54. The van der Waals surface area contributed by atoms with Crippen LogP contribution in [0.15, 0.2) is 16.1 Å². The molecule has 0 saturated carbocycles. The van der Waals surface area contributed by atoms with Crippen LogP contribution in [-0.2, 0) is 13.0 Å². The van der Waals surface area contributed by atoms with Gasteiger partial charge in [-0.05, 0) is 48.0 Å². The van der Waals surface area contributed by atoms with E-state index in [9.17, 15) is 0 Å². The van der Waals surface area contributed by atoms with Crippen LogP contribution in [0, 0.1) is 12.3 Å². The van der Waals surface area contributed by atoms with E-state index < -0.39 is 0 Å². The number of allylic oxidation sites excluding steroid dienone is 2. The lowest BCUT2D eigenvalue weighted by atomic mass is 9.76. The van der Waals surface area contributed by atoms with Crippen molar-refractivity contribution in [2.45, 2.75) is 58.9 Å². The van der Waals surface area contributed by atoms with Gasteiger partial charge >= 0.3 is 0 Å². The van der Waals surface area contributed by atoms with Crippen LogP contribution in [0.5, 0.6) is 0 Å². The highest BCUT2D eigenvalue weighted by Gasteiger charge is 2.28. The number of hydrogen-bond donors (Lipinski definition) is 0. The maximum atomic E-state index is 6.37. The number of aromatic nitrogens is 2. The van der Waals surface area contributed by atoms with Crippen molar-refractivity contribution in [3.05, 3.63) is 27.5 Å². The van der Waals surface area contributed by atoms with Crippen LogP contribution in [-0.4, -0.2) is 15.2 Å². The van der Waals surface area contributed by atoms with Crippen LogP contribution in [0.4, 0.5) is 0 Å². The maximum absolute atomic E-state index is 6.37. The predicted octanol–water partition coefficient (Wildman–Crippen LogP) is 4.87. The molecule has 0 bridgehead atoms. The fourth-order valence-corrected chi connectivity index (χ4v) is 3.98. The second-order valence-electron chi connectivity index (χ2n) is 6.22. The first-order valence-electron chi connectivity index (χ1n) is 6.88. The van der Waals surface area contributed by atoms with Gasteiger partial charge in [-0.15, -0.1) is 11.6 Å². The highest BCUT2D eigenvalue weighted by Crippen LogP contribution is 2.39. The first-order valence-corrected chi connectivity index (χ1v) is 8.11. The van der Waals surface area contributed by atoms with E-state index in [-0.39, 0.29) is 5.38 Å². The summed E-state index contributed by atoms with van der Waals surface area (Å²) in [6.07, 6.45) is 5.37. The van der Waals surface area contributed by atoms with Gasteiger partial charge in [-0.25, -0.2) is 0 Å². The zero-order valence-electron chi connectivity index (χ0n) is 12.1. The Morgan fingerprint density at radius 1 is 1.53 bits per heavy atom. The molecule has 4 heteroatoms. The molecule has 1 aliphatic rings. The molecule has 19 heavy (non-hydrogen) atoms. The second kappa shape index (κ2) is 5.61. The van der Waals surface area contributed by atoms with E-state index in [0.717, 1.165) is 36.0 Å². The topological polar surface area (TPSA) is 17.8 Å². The minimum Gasteiger partial charge on any atom is -0.268 e. The van der Waals surface area contributed by atoms with E-state index >= 15 is 0 Å². The maximum Gasteiger partial charge on any atom is 0.0738 e. The lowest BCUT2D eigenvalue weighted by Gasteiger charge is -2.32. The monoisotopic (exact) mass is 344 g/mol. The van der Waals surface area contributed by atoms with Crippen molar-refractivity contribution < 1.29 is 0 Å². The normalized spacial score (nSPS) is 22.4. The van der Waals surface area contributed by atoms with E-state index in [1.165, 1.54) is 11.3 Å². The molecule has 1 aliphatic carbocycles. The molecule has 2 nitrogen and oxygen atoms in total. The fraction of sp³-hybridized carbons (Fsp3) is 0.667. The average molecular weight is 346 g/mol. The third-order valence-electron chi connectivity index (χ3n) is 3.72. The first-order chi connectivity index (χ1) is 8.82. The molecule has 0 fully saturated rings. The van der Waals surface area contributed by atoms with Crippen LogP contribution >= 0.6 is 27.5 Å². The van der Waals surface area contributed by atoms with Crippen molar-refractivity contribution in [3.63, 3.8) is 0 Å². The van der Waals surface area contributed by atoms with Gasteiger partial charge in [-0.2, -0.15) is 5.10 Å². The molecule has 0 amide bonds. The molecule has 1 aromatic heterocycles. The summed E-state index contributed by atoms with van der Waals surface area (Å²) in [6, 6.07) is 0. The Labute approximate surface area is 129 Å². The van der Waals surface area contributed by atoms with Crippen molar-refractivity contribution in [1.82, 2.24) is 9.78 Å². The molecular weight excluding hydrogens is 324 g/mol. The number of nitrogens with zero attached hydrogens (tertiary/aromatic N) is 2. The lowest BCUT2D eigenvalue weighted by molar-refractivity contribution is 0.319. The summed E-state index contributed by atoms with van der Waals surface area (Å²) < 4.78 is 3.23. The minimum atomic E-state index is 0.164. The Hall–Kier alpha value is -0.280. The van der Waals surface area contributed by atoms with Gasteiger partial charge < -0.3 is 0 Å². The van der Waals surface area contributed by atoms with E-state index in [0.29, 0.717) is 5.41 Å². The standard InChI is InChI=1S/C15H22BrClN2/c1-5-19-13(14(16)10(2)18-19)7-11-6-12(17)9-15(3,4)8-11/h6,12H,5,7-9H2,1-4H3. The summed E-state index contributed by atoms with van der Waals surface area (Å²) in [6.45, 7) is 9.68. The van der Waals surface area contributed by atoms with Gasteiger partial charge in [0, 0.05) is 13.0 Å². The summed E-state index contributed by atoms with van der Waals surface area (Å²) in [7, 11) is 0. The summed E-state index contributed by atoms with van der Waals surface area (Å²) in [4.78, 5) is 0. The van der Waals surface area contributed by atoms with Crippen molar-refractivity contribution in [2.24, 2.45) is 5.41 Å². The molecule has 0 N–H and O–H groups in total. The SMILES string of the molecule is CCn1nc(C)c(Br)c1CC1=CC(Cl)CC(C)(C)C1. The molecule has 2 rings (SSSR count). The summed E-state index contributed by atoms with van der Waals surface area (Å²) in [5.74, 6) is 0. The van der Waals surface area contributed by atoms with Crippen LogP contribution in [0.3, 0.4) is 0 Å². The third-order valence-corrected chi connectivity index (χ3v) is 5.03. The van der Waals surface area contributed by atoms with Crippen molar-refractivity contribution in [3.8, 4) is 0 Å². The quantitative estimate of drug-likeness (QED) is 0.564. The molecule has 1 unspecified atom stereocenters. The lowest BCUT2D eigenvalue weighted by Crippen LogP contribution is -2.23. The summed E-state index contributed by atoms with van der Waals surface area (Å²) in [5, 5.41) is 4.72. The van der Waals surface area contributed by atoms with Gasteiger partial charge in [0.05, 0.1) is 21.2 Å². The molecular formula is C15H22BrClN2. The molecule has 0 aromatic carbocycles. The van der Waals surface area contributed by atoms with E-state index in [1.54, 1.807) is 0 Å². The Kier molecular flexibility index (Phi) is 4.46. The molecule has 106 valence electrons. The number of alkyl halides is 1. The van der Waals surface area contributed by atoms with Crippen molar-refractivity contribution in [2.75, 3.05) is 0 Å². The highest BCUT2D eigenvalue weighted by atomic mass is 79.9. The van der Waals surface area contributed by atoms with E-state index in [1.807, 2.05) is 6.92 Å².